The van der Waals surface area contributed by atoms with Crippen LogP contribution in [0, 0.1) is 34.6 Å². The minimum Gasteiger partial charge on any atom is -0.383 e. The van der Waals surface area contributed by atoms with E-state index in [2.05, 4.69) is 58.9 Å². The number of rotatable bonds is 1. The molecule has 0 bridgehead atoms. The fourth-order valence-electron chi connectivity index (χ4n) is 2.97. The highest BCUT2D eigenvalue weighted by Crippen LogP contribution is 2.31. The monoisotopic (exact) mass is 279 g/mol. The standard InChI is InChI=1S/C18H21N3/c1-10-6-14(5)21-16(7-10)20-17(18(21)19)15-9-12(3)11(2)8-13(15)4/h6-9H,19H2,1-5H3. The van der Waals surface area contributed by atoms with Gasteiger partial charge in [-0.2, -0.15) is 0 Å². The molecule has 0 saturated heterocycles. The molecule has 0 spiro atoms. The molecule has 0 saturated carbocycles. The summed E-state index contributed by atoms with van der Waals surface area (Å²) in [6.45, 7) is 10.5. The molecule has 0 radical (unpaired) electrons. The van der Waals surface area contributed by atoms with Crippen LogP contribution in [0.15, 0.2) is 24.3 Å². The molecule has 3 heteroatoms. The number of hydrogen-bond donors (Lipinski definition) is 1. The first-order valence-corrected chi connectivity index (χ1v) is 7.22. The van der Waals surface area contributed by atoms with Crippen LogP contribution >= 0.6 is 0 Å². The van der Waals surface area contributed by atoms with E-state index in [9.17, 15) is 0 Å². The summed E-state index contributed by atoms with van der Waals surface area (Å²) in [4.78, 5) is 4.77. The Morgan fingerprint density at radius 3 is 2.24 bits per heavy atom. The minimum atomic E-state index is 0.717. The summed E-state index contributed by atoms with van der Waals surface area (Å²) >= 11 is 0. The van der Waals surface area contributed by atoms with Crippen LogP contribution in [0.2, 0.25) is 0 Å². The molecule has 0 unspecified atom stereocenters. The van der Waals surface area contributed by atoms with Gasteiger partial charge in [0.1, 0.15) is 17.2 Å². The predicted molar refractivity (Wildman–Crippen MR) is 88.7 cm³/mol. The van der Waals surface area contributed by atoms with Crippen LogP contribution in [0.4, 0.5) is 5.82 Å². The number of fused-ring (bicyclic) bond motifs is 1. The Kier molecular flexibility index (Phi) is 3.01. The first-order chi connectivity index (χ1) is 9.88. The molecule has 108 valence electrons. The molecule has 0 atom stereocenters. The van der Waals surface area contributed by atoms with Crippen LogP contribution in [-0.2, 0) is 0 Å². The highest BCUT2D eigenvalue weighted by molar-refractivity contribution is 5.78. The first-order valence-electron chi connectivity index (χ1n) is 7.22. The molecule has 0 aliphatic heterocycles. The second-order valence-corrected chi connectivity index (χ2v) is 5.96. The van der Waals surface area contributed by atoms with Crippen molar-refractivity contribution in [3.8, 4) is 11.3 Å². The summed E-state index contributed by atoms with van der Waals surface area (Å²) < 4.78 is 2.02. The zero-order valence-corrected chi connectivity index (χ0v) is 13.3. The maximum Gasteiger partial charge on any atom is 0.139 e. The third-order valence-electron chi connectivity index (χ3n) is 4.18. The number of nitrogens with zero attached hydrogens (tertiary/aromatic N) is 2. The van der Waals surface area contributed by atoms with E-state index in [1.54, 1.807) is 0 Å². The molecule has 0 amide bonds. The Bertz CT molecular complexity index is 857. The number of pyridine rings is 1. The van der Waals surface area contributed by atoms with Gasteiger partial charge in [0, 0.05) is 11.3 Å². The second kappa shape index (κ2) is 4.62. The quantitative estimate of drug-likeness (QED) is 0.728. The van der Waals surface area contributed by atoms with Gasteiger partial charge in [0.25, 0.3) is 0 Å². The molecule has 0 fully saturated rings. The third kappa shape index (κ3) is 2.09. The molecular formula is C18H21N3. The van der Waals surface area contributed by atoms with Gasteiger partial charge in [-0.3, -0.25) is 4.40 Å². The van der Waals surface area contributed by atoms with Crippen molar-refractivity contribution < 1.29 is 0 Å². The number of benzene rings is 1. The number of imidazole rings is 1. The summed E-state index contributed by atoms with van der Waals surface area (Å²) in [6, 6.07) is 8.59. The molecule has 3 nitrogen and oxygen atoms in total. The topological polar surface area (TPSA) is 43.3 Å². The number of aryl methyl sites for hydroxylation is 5. The van der Waals surface area contributed by atoms with Gasteiger partial charge in [-0.1, -0.05) is 6.07 Å². The summed E-state index contributed by atoms with van der Waals surface area (Å²) in [5, 5.41) is 0. The Morgan fingerprint density at radius 1 is 0.857 bits per heavy atom. The fourth-order valence-corrected chi connectivity index (χ4v) is 2.97. The van der Waals surface area contributed by atoms with E-state index < -0.39 is 0 Å². The Morgan fingerprint density at radius 2 is 1.52 bits per heavy atom. The van der Waals surface area contributed by atoms with Crippen molar-refractivity contribution in [1.29, 1.82) is 0 Å². The van der Waals surface area contributed by atoms with E-state index in [4.69, 9.17) is 10.7 Å². The van der Waals surface area contributed by atoms with Crippen LogP contribution in [0.1, 0.15) is 27.9 Å². The lowest BCUT2D eigenvalue weighted by atomic mass is 9.99. The maximum absolute atomic E-state index is 6.38. The Labute approximate surface area is 125 Å². The van der Waals surface area contributed by atoms with Crippen molar-refractivity contribution in [2.45, 2.75) is 34.6 Å². The Hall–Kier alpha value is -2.29. The van der Waals surface area contributed by atoms with Gasteiger partial charge >= 0.3 is 0 Å². The smallest absolute Gasteiger partial charge is 0.139 e. The number of nitrogens with two attached hydrogens (primary N) is 1. The molecule has 3 rings (SSSR count). The molecule has 2 aromatic heterocycles. The van der Waals surface area contributed by atoms with Crippen LogP contribution in [0.3, 0.4) is 0 Å². The SMILES string of the molecule is Cc1cc(C)n2c(N)c(-c3cc(C)c(C)cc3C)nc2c1. The van der Waals surface area contributed by atoms with E-state index in [0.29, 0.717) is 5.82 Å². The summed E-state index contributed by atoms with van der Waals surface area (Å²) in [5.41, 5.74) is 15.4. The van der Waals surface area contributed by atoms with Crippen molar-refractivity contribution in [3.05, 3.63) is 52.2 Å². The zero-order chi connectivity index (χ0) is 15.3. The van der Waals surface area contributed by atoms with Gasteiger partial charge < -0.3 is 5.73 Å². The van der Waals surface area contributed by atoms with E-state index >= 15 is 0 Å². The van der Waals surface area contributed by atoms with Crippen LogP contribution in [0.25, 0.3) is 16.9 Å². The molecular weight excluding hydrogens is 258 g/mol. The average molecular weight is 279 g/mol. The number of anilines is 1. The number of aromatic nitrogens is 2. The summed E-state index contributed by atoms with van der Waals surface area (Å²) in [6.07, 6.45) is 0. The number of nitrogen functional groups attached to an aromatic ring is 1. The summed E-state index contributed by atoms with van der Waals surface area (Å²) in [7, 11) is 0. The minimum absolute atomic E-state index is 0.717. The first kappa shape index (κ1) is 13.7. The maximum atomic E-state index is 6.38. The second-order valence-electron chi connectivity index (χ2n) is 5.96. The number of hydrogen-bond acceptors (Lipinski definition) is 2. The molecule has 0 aliphatic rings. The molecule has 2 heterocycles. The van der Waals surface area contributed by atoms with Crippen molar-refractivity contribution in [1.82, 2.24) is 9.38 Å². The molecule has 3 aromatic rings. The third-order valence-corrected chi connectivity index (χ3v) is 4.18. The molecule has 2 N–H and O–H groups in total. The van der Waals surface area contributed by atoms with Gasteiger partial charge in [-0.05, 0) is 75.1 Å². The van der Waals surface area contributed by atoms with E-state index in [1.165, 1.54) is 22.3 Å². The highest BCUT2D eigenvalue weighted by Gasteiger charge is 2.15. The van der Waals surface area contributed by atoms with E-state index in [1.807, 2.05) is 4.40 Å². The van der Waals surface area contributed by atoms with Crippen molar-refractivity contribution in [3.63, 3.8) is 0 Å². The zero-order valence-electron chi connectivity index (χ0n) is 13.3. The Balaban J connectivity index is 2.34. The van der Waals surface area contributed by atoms with Gasteiger partial charge in [0.15, 0.2) is 0 Å². The van der Waals surface area contributed by atoms with Gasteiger partial charge in [-0.15, -0.1) is 0 Å². The lowest BCUT2D eigenvalue weighted by molar-refractivity contribution is 1.09. The van der Waals surface area contributed by atoms with Gasteiger partial charge in [-0.25, -0.2) is 4.98 Å². The predicted octanol–water partition coefficient (Wildman–Crippen LogP) is 4.13. The van der Waals surface area contributed by atoms with E-state index in [0.717, 1.165) is 22.6 Å². The van der Waals surface area contributed by atoms with Crippen LogP contribution in [-0.4, -0.2) is 9.38 Å². The van der Waals surface area contributed by atoms with Crippen molar-refractivity contribution >= 4 is 11.5 Å². The normalized spacial score (nSPS) is 11.3. The van der Waals surface area contributed by atoms with Crippen molar-refractivity contribution in [2.75, 3.05) is 5.73 Å². The van der Waals surface area contributed by atoms with E-state index in [-0.39, 0.29) is 0 Å². The summed E-state index contributed by atoms with van der Waals surface area (Å²) in [5.74, 6) is 0.717. The van der Waals surface area contributed by atoms with Crippen molar-refractivity contribution in [2.24, 2.45) is 0 Å². The lowest BCUT2D eigenvalue weighted by Gasteiger charge is -2.09. The van der Waals surface area contributed by atoms with Crippen LogP contribution < -0.4 is 5.73 Å². The van der Waals surface area contributed by atoms with Gasteiger partial charge in [0.05, 0.1) is 0 Å². The van der Waals surface area contributed by atoms with Gasteiger partial charge in [0.2, 0.25) is 0 Å². The highest BCUT2D eigenvalue weighted by atomic mass is 15.1. The molecule has 1 aromatic carbocycles. The fraction of sp³-hybridized carbons (Fsp3) is 0.278. The molecule has 21 heavy (non-hydrogen) atoms. The average Bonchev–Trinajstić information content (AvgIpc) is 2.71. The largest absolute Gasteiger partial charge is 0.383 e. The van der Waals surface area contributed by atoms with Crippen LogP contribution in [0.5, 0.6) is 0 Å². The molecule has 0 aliphatic carbocycles. The lowest BCUT2D eigenvalue weighted by Crippen LogP contribution is -1.99.